The van der Waals surface area contributed by atoms with E-state index in [2.05, 4.69) is 6.07 Å². The summed E-state index contributed by atoms with van der Waals surface area (Å²) in [6, 6.07) is 27.8. The third-order valence-electron chi connectivity index (χ3n) is 7.13. The summed E-state index contributed by atoms with van der Waals surface area (Å²) in [5.74, 6) is 0.363. The van der Waals surface area contributed by atoms with Gasteiger partial charge < -0.3 is 4.74 Å². The molecule has 0 spiro atoms. The summed E-state index contributed by atoms with van der Waals surface area (Å²) in [6.45, 7) is 6.11. The van der Waals surface area contributed by atoms with Gasteiger partial charge in [0.15, 0.2) is 0 Å². The van der Waals surface area contributed by atoms with Gasteiger partial charge in [-0.1, -0.05) is 48.5 Å². The number of hydrogen-bond donors (Lipinski definition) is 0. The van der Waals surface area contributed by atoms with Crippen molar-refractivity contribution >= 4 is 33.8 Å². The number of rotatable bonds is 3. The molecule has 0 saturated heterocycles. The maximum Gasteiger partial charge on any atom is 0.281 e. The number of hydrazone groups is 1. The Hall–Kier alpha value is -5.04. The zero-order chi connectivity index (χ0) is 26.7. The van der Waals surface area contributed by atoms with Gasteiger partial charge in [0, 0.05) is 11.0 Å². The highest BCUT2D eigenvalue weighted by Gasteiger charge is 2.40. The number of aryl methyl sites for hydroxylation is 3. The van der Waals surface area contributed by atoms with E-state index in [0.29, 0.717) is 34.1 Å². The number of para-hydroxylation sites is 1. The number of fused-ring (bicyclic) bond motifs is 3. The van der Waals surface area contributed by atoms with Crippen LogP contribution in [0.3, 0.4) is 0 Å². The lowest BCUT2D eigenvalue weighted by molar-refractivity contribution is -0.114. The van der Waals surface area contributed by atoms with Crippen molar-refractivity contribution in [1.29, 1.82) is 0 Å². The molecule has 2 aromatic heterocycles. The third kappa shape index (κ3) is 3.74. The molecule has 0 fully saturated rings. The summed E-state index contributed by atoms with van der Waals surface area (Å²) >= 11 is 0. The second-order valence-corrected chi connectivity index (χ2v) is 9.95. The molecule has 0 saturated carbocycles. The average molecular weight is 512 g/mol. The van der Waals surface area contributed by atoms with E-state index in [9.17, 15) is 4.79 Å². The van der Waals surface area contributed by atoms with E-state index in [1.54, 1.807) is 0 Å². The van der Waals surface area contributed by atoms with Crippen LogP contribution in [0.25, 0.3) is 22.2 Å². The standard InChI is InChI=1S/C32H25N5O2/c1-19-8-6-11-23(16-19)36-31(38)30-27(35-36)18-39-32-28(21(3)34-37(32)24-12-7-9-20(2)17-24)29(30)26-15-14-22-10-4-5-13-25(22)33-26/h4-17H,18H2,1-3H3. The average Bonchev–Trinajstić information content (AvgIpc) is 3.37. The molecule has 2 aliphatic rings. The van der Waals surface area contributed by atoms with Crippen molar-refractivity contribution in [3.63, 3.8) is 0 Å². The van der Waals surface area contributed by atoms with Crippen LogP contribution in [0.1, 0.15) is 28.1 Å². The molecule has 39 heavy (non-hydrogen) atoms. The molecule has 7 nitrogen and oxygen atoms in total. The van der Waals surface area contributed by atoms with Crippen molar-refractivity contribution in [2.24, 2.45) is 5.10 Å². The lowest BCUT2D eigenvalue weighted by Crippen LogP contribution is -2.23. The fourth-order valence-electron chi connectivity index (χ4n) is 5.32. The van der Waals surface area contributed by atoms with Crippen molar-refractivity contribution in [2.75, 3.05) is 11.6 Å². The van der Waals surface area contributed by atoms with Gasteiger partial charge in [-0.05, 0) is 68.3 Å². The molecule has 0 radical (unpaired) electrons. The lowest BCUT2D eigenvalue weighted by atomic mass is 9.94. The maximum atomic E-state index is 14.1. The van der Waals surface area contributed by atoms with Gasteiger partial charge in [0.05, 0.1) is 39.4 Å². The number of carbonyl (C=O) groups is 1. The predicted molar refractivity (Wildman–Crippen MR) is 152 cm³/mol. The van der Waals surface area contributed by atoms with Gasteiger partial charge in [-0.25, -0.2) is 9.67 Å². The number of benzene rings is 3. The molecule has 0 aliphatic carbocycles. The van der Waals surface area contributed by atoms with Crippen molar-refractivity contribution in [2.45, 2.75) is 20.8 Å². The fourth-order valence-corrected chi connectivity index (χ4v) is 5.32. The maximum absolute atomic E-state index is 14.1. The molecule has 3 aromatic carbocycles. The minimum Gasteiger partial charge on any atom is -0.471 e. The van der Waals surface area contributed by atoms with Gasteiger partial charge in [0.1, 0.15) is 12.3 Å². The molecule has 1 amide bonds. The third-order valence-corrected chi connectivity index (χ3v) is 7.13. The first-order valence-corrected chi connectivity index (χ1v) is 12.9. The van der Waals surface area contributed by atoms with Gasteiger partial charge in [-0.15, -0.1) is 0 Å². The molecule has 0 bridgehead atoms. The summed E-state index contributed by atoms with van der Waals surface area (Å²) in [7, 11) is 0. The van der Waals surface area contributed by atoms with Crippen molar-refractivity contribution in [1.82, 2.24) is 14.8 Å². The largest absolute Gasteiger partial charge is 0.471 e. The molecule has 190 valence electrons. The molecule has 2 aliphatic heterocycles. The topological polar surface area (TPSA) is 72.6 Å². The lowest BCUT2D eigenvalue weighted by Gasteiger charge is -2.15. The number of hydrogen-bond acceptors (Lipinski definition) is 5. The van der Waals surface area contributed by atoms with E-state index in [0.717, 1.165) is 39.0 Å². The van der Waals surface area contributed by atoms with Crippen LogP contribution in [0.2, 0.25) is 0 Å². The monoisotopic (exact) mass is 511 g/mol. The number of nitrogens with zero attached hydrogens (tertiary/aromatic N) is 5. The first-order chi connectivity index (χ1) is 19.0. The zero-order valence-electron chi connectivity index (χ0n) is 21.8. The van der Waals surface area contributed by atoms with Gasteiger partial charge in [0.2, 0.25) is 5.88 Å². The van der Waals surface area contributed by atoms with Crippen LogP contribution in [0.4, 0.5) is 5.69 Å². The number of carbonyl (C=O) groups excluding carboxylic acids is 1. The van der Waals surface area contributed by atoms with Gasteiger partial charge >= 0.3 is 0 Å². The minimum atomic E-state index is -0.209. The molecule has 7 rings (SSSR count). The SMILES string of the molecule is Cc1cccc(N2N=C3COc4c(c(C)nn4-c4cccc(C)c4)C(c4ccc5ccccc5n4)=C3C2=O)c1. The molecule has 0 unspecified atom stereocenters. The van der Waals surface area contributed by atoms with Crippen LogP contribution in [0.15, 0.2) is 95.6 Å². The Kier molecular flexibility index (Phi) is 5.20. The van der Waals surface area contributed by atoms with Crippen molar-refractivity contribution in [3.8, 4) is 11.6 Å². The number of ether oxygens (including phenoxy) is 1. The van der Waals surface area contributed by atoms with Crippen LogP contribution < -0.4 is 9.75 Å². The Morgan fingerprint density at radius 2 is 1.54 bits per heavy atom. The quantitative estimate of drug-likeness (QED) is 0.300. The van der Waals surface area contributed by atoms with E-state index >= 15 is 0 Å². The van der Waals surface area contributed by atoms with E-state index in [1.165, 1.54) is 5.01 Å². The molecule has 0 atom stereocenters. The summed E-state index contributed by atoms with van der Waals surface area (Å²) < 4.78 is 8.23. The Bertz CT molecular complexity index is 1880. The van der Waals surface area contributed by atoms with Crippen LogP contribution in [0, 0.1) is 20.8 Å². The Morgan fingerprint density at radius 3 is 2.33 bits per heavy atom. The second-order valence-electron chi connectivity index (χ2n) is 9.95. The van der Waals surface area contributed by atoms with Gasteiger partial charge in [-0.2, -0.15) is 15.2 Å². The van der Waals surface area contributed by atoms with E-state index in [1.807, 2.05) is 104 Å². The Morgan fingerprint density at radius 1 is 0.795 bits per heavy atom. The van der Waals surface area contributed by atoms with Crippen LogP contribution >= 0.6 is 0 Å². The molecule has 5 aromatic rings. The van der Waals surface area contributed by atoms with E-state index in [4.69, 9.17) is 19.9 Å². The Labute approximate surface area is 225 Å². The van der Waals surface area contributed by atoms with Gasteiger partial charge in [-0.3, -0.25) is 4.79 Å². The molecule has 7 heteroatoms. The number of aromatic nitrogens is 3. The van der Waals surface area contributed by atoms with Crippen LogP contribution in [-0.2, 0) is 4.79 Å². The predicted octanol–water partition coefficient (Wildman–Crippen LogP) is 5.94. The highest BCUT2D eigenvalue weighted by atomic mass is 16.5. The summed E-state index contributed by atoms with van der Waals surface area (Å²) in [5, 5.41) is 12.1. The normalized spacial score (nSPS) is 14.7. The Balaban J connectivity index is 1.50. The van der Waals surface area contributed by atoms with Crippen LogP contribution in [0.5, 0.6) is 5.88 Å². The molecule has 0 N–H and O–H groups in total. The van der Waals surface area contributed by atoms with Crippen molar-refractivity contribution < 1.29 is 9.53 Å². The summed E-state index contributed by atoms with van der Waals surface area (Å²) in [6.07, 6.45) is 0. The zero-order valence-corrected chi connectivity index (χ0v) is 21.8. The number of amides is 1. The molecular weight excluding hydrogens is 486 g/mol. The van der Waals surface area contributed by atoms with E-state index < -0.39 is 0 Å². The summed E-state index contributed by atoms with van der Waals surface area (Å²) in [4.78, 5) is 19.1. The van der Waals surface area contributed by atoms with E-state index in [-0.39, 0.29) is 12.5 Å². The number of anilines is 1. The first-order valence-electron chi connectivity index (χ1n) is 12.9. The van der Waals surface area contributed by atoms with Crippen LogP contribution in [-0.4, -0.2) is 33.0 Å². The number of pyridine rings is 1. The summed E-state index contributed by atoms with van der Waals surface area (Å²) in [5.41, 5.74) is 8.52. The minimum absolute atomic E-state index is 0.129. The smallest absolute Gasteiger partial charge is 0.281 e. The fraction of sp³-hybridized carbons (Fsp3) is 0.125. The highest BCUT2D eigenvalue weighted by molar-refractivity contribution is 6.36. The second kappa shape index (κ2) is 8.77. The highest BCUT2D eigenvalue weighted by Crippen LogP contribution is 2.42. The van der Waals surface area contributed by atoms with Crippen molar-refractivity contribution in [3.05, 3.63) is 119 Å². The molecular formula is C32H25N5O2. The van der Waals surface area contributed by atoms with Gasteiger partial charge in [0.25, 0.3) is 5.91 Å². The first kappa shape index (κ1) is 23.1. The molecule has 4 heterocycles.